The van der Waals surface area contributed by atoms with E-state index in [1.807, 2.05) is 0 Å². The van der Waals surface area contributed by atoms with Crippen molar-refractivity contribution in [2.45, 2.75) is 70.0 Å². The van der Waals surface area contributed by atoms with E-state index in [0.717, 1.165) is 19.1 Å². The number of hydrogen-bond donors (Lipinski definition) is 0. The molecule has 3 fully saturated rings. The molecule has 2 heteroatoms. The molecular weight excluding hydrogens is 248 g/mol. The van der Waals surface area contributed by atoms with Crippen LogP contribution < -0.4 is 0 Å². The second kappa shape index (κ2) is 6.62. The second-order valence-electron chi connectivity index (χ2n) is 7.00. The van der Waals surface area contributed by atoms with Gasteiger partial charge in [0.15, 0.2) is 5.79 Å². The first-order valence-electron chi connectivity index (χ1n) is 8.74. The lowest BCUT2D eigenvalue weighted by molar-refractivity contribution is -0.243. The van der Waals surface area contributed by atoms with Gasteiger partial charge < -0.3 is 9.47 Å². The Morgan fingerprint density at radius 1 is 0.850 bits per heavy atom. The zero-order chi connectivity index (χ0) is 13.8. The number of hydrogen-bond acceptors (Lipinski definition) is 2. The van der Waals surface area contributed by atoms with Crippen LogP contribution in [0.25, 0.3) is 0 Å². The molecular formula is C18H30O2. The van der Waals surface area contributed by atoms with Crippen molar-refractivity contribution in [1.82, 2.24) is 0 Å². The first-order chi connectivity index (χ1) is 9.85. The maximum atomic E-state index is 6.27. The van der Waals surface area contributed by atoms with Gasteiger partial charge in [-0.05, 0) is 50.9 Å². The van der Waals surface area contributed by atoms with Crippen LogP contribution in [0.1, 0.15) is 64.2 Å². The minimum atomic E-state index is -0.209. The van der Waals surface area contributed by atoms with E-state index in [-0.39, 0.29) is 5.79 Å². The topological polar surface area (TPSA) is 18.5 Å². The molecule has 0 aromatic carbocycles. The van der Waals surface area contributed by atoms with Crippen molar-refractivity contribution in [3.05, 3.63) is 12.7 Å². The molecule has 3 aliphatic rings. The SMILES string of the molecule is C=CCC1CCC(C2(C3CCCCC3)OCCO2)CC1. The van der Waals surface area contributed by atoms with Crippen molar-refractivity contribution in [3.8, 4) is 0 Å². The van der Waals surface area contributed by atoms with Crippen molar-refractivity contribution in [3.63, 3.8) is 0 Å². The summed E-state index contributed by atoms with van der Waals surface area (Å²) < 4.78 is 12.5. The Bertz CT molecular complexity index is 305. The molecule has 2 nitrogen and oxygen atoms in total. The molecule has 1 aliphatic heterocycles. The summed E-state index contributed by atoms with van der Waals surface area (Å²) >= 11 is 0. The van der Waals surface area contributed by atoms with Gasteiger partial charge in [0.25, 0.3) is 0 Å². The van der Waals surface area contributed by atoms with Crippen molar-refractivity contribution in [2.75, 3.05) is 13.2 Å². The molecule has 0 radical (unpaired) electrons. The molecule has 0 bridgehead atoms. The molecule has 2 saturated carbocycles. The Hall–Kier alpha value is -0.340. The summed E-state index contributed by atoms with van der Waals surface area (Å²) in [7, 11) is 0. The molecule has 0 unspecified atom stereocenters. The molecule has 1 heterocycles. The van der Waals surface area contributed by atoms with E-state index in [0.29, 0.717) is 11.8 Å². The van der Waals surface area contributed by atoms with E-state index in [9.17, 15) is 0 Å². The van der Waals surface area contributed by atoms with E-state index in [1.54, 1.807) is 0 Å². The van der Waals surface area contributed by atoms with Gasteiger partial charge in [-0.25, -0.2) is 0 Å². The Morgan fingerprint density at radius 2 is 1.45 bits per heavy atom. The molecule has 0 aromatic rings. The predicted molar refractivity (Wildman–Crippen MR) is 81.5 cm³/mol. The van der Waals surface area contributed by atoms with E-state index in [2.05, 4.69) is 12.7 Å². The van der Waals surface area contributed by atoms with Gasteiger partial charge in [0.05, 0.1) is 13.2 Å². The van der Waals surface area contributed by atoms with E-state index in [1.165, 1.54) is 64.2 Å². The summed E-state index contributed by atoms with van der Waals surface area (Å²) in [6.07, 6.45) is 15.3. The fraction of sp³-hybridized carbons (Fsp3) is 0.889. The van der Waals surface area contributed by atoms with E-state index >= 15 is 0 Å². The van der Waals surface area contributed by atoms with Crippen LogP contribution in [0.5, 0.6) is 0 Å². The summed E-state index contributed by atoms with van der Waals surface area (Å²) in [6, 6.07) is 0. The molecule has 0 atom stereocenters. The smallest absolute Gasteiger partial charge is 0.174 e. The highest BCUT2D eigenvalue weighted by atomic mass is 16.7. The lowest BCUT2D eigenvalue weighted by atomic mass is 9.70. The zero-order valence-electron chi connectivity index (χ0n) is 12.8. The minimum Gasteiger partial charge on any atom is -0.347 e. The number of allylic oxidation sites excluding steroid dienone is 1. The van der Waals surface area contributed by atoms with E-state index < -0.39 is 0 Å². The molecule has 20 heavy (non-hydrogen) atoms. The monoisotopic (exact) mass is 278 g/mol. The molecule has 1 saturated heterocycles. The van der Waals surface area contributed by atoms with Gasteiger partial charge in [0.1, 0.15) is 0 Å². The van der Waals surface area contributed by atoms with Crippen LogP contribution >= 0.6 is 0 Å². The van der Waals surface area contributed by atoms with Gasteiger partial charge in [0.2, 0.25) is 0 Å². The van der Waals surface area contributed by atoms with Crippen LogP contribution in [0.15, 0.2) is 12.7 Å². The highest BCUT2D eigenvalue weighted by molar-refractivity contribution is 4.93. The molecule has 0 aromatic heterocycles. The standard InChI is InChI=1S/C18H30O2/c1-2-6-15-9-11-17(12-10-15)18(19-13-14-20-18)16-7-4-3-5-8-16/h2,15-17H,1,3-14H2. The van der Waals surface area contributed by atoms with Crippen LogP contribution in [0.4, 0.5) is 0 Å². The molecule has 114 valence electrons. The van der Waals surface area contributed by atoms with Gasteiger partial charge in [-0.15, -0.1) is 6.58 Å². The maximum Gasteiger partial charge on any atom is 0.174 e. The van der Waals surface area contributed by atoms with Gasteiger partial charge in [-0.3, -0.25) is 0 Å². The molecule has 2 aliphatic carbocycles. The summed E-state index contributed by atoms with van der Waals surface area (Å²) in [5.74, 6) is 1.93. The quantitative estimate of drug-likeness (QED) is 0.694. The van der Waals surface area contributed by atoms with Crippen molar-refractivity contribution >= 4 is 0 Å². The lowest BCUT2D eigenvalue weighted by Crippen LogP contribution is -2.48. The third kappa shape index (κ3) is 2.82. The number of ether oxygens (including phenoxy) is 2. The van der Waals surface area contributed by atoms with Gasteiger partial charge in [-0.2, -0.15) is 0 Å². The van der Waals surface area contributed by atoms with Crippen LogP contribution in [0.3, 0.4) is 0 Å². The lowest BCUT2D eigenvalue weighted by Gasteiger charge is -2.45. The maximum absolute atomic E-state index is 6.27. The number of rotatable bonds is 4. The van der Waals surface area contributed by atoms with E-state index in [4.69, 9.17) is 9.47 Å². The third-order valence-corrected chi connectivity index (χ3v) is 5.83. The van der Waals surface area contributed by atoms with Crippen LogP contribution in [0, 0.1) is 17.8 Å². The summed E-state index contributed by atoms with van der Waals surface area (Å²) in [5, 5.41) is 0. The van der Waals surface area contributed by atoms with Crippen LogP contribution in [-0.2, 0) is 9.47 Å². The largest absolute Gasteiger partial charge is 0.347 e. The van der Waals surface area contributed by atoms with Gasteiger partial charge in [0, 0.05) is 11.8 Å². The average molecular weight is 278 g/mol. The van der Waals surface area contributed by atoms with Gasteiger partial charge in [-0.1, -0.05) is 25.3 Å². The second-order valence-corrected chi connectivity index (χ2v) is 7.00. The molecule has 0 spiro atoms. The minimum absolute atomic E-state index is 0.209. The van der Waals surface area contributed by atoms with Crippen LogP contribution in [0.2, 0.25) is 0 Å². The molecule has 0 N–H and O–H groups in total. The molecule has 3 rings (SSSR count). The van der Waals surface area contributed by atoms with Gasteiger partial charge >= 0.3 is 0 Å². The Kier molecular flexibility index (Phi) is 4.83. The Morgan fingerprint density at radius 3 is 2.05 bits per heavy atom. The molecule has 0 amide bonds. The first-order valence-corrected chi connectivity index (χ1v) is 8.74. The van der Waals surface area contributed by atoms with Crippen LogP contribution in [-0.4, -0.2) is 19.0 Å². The highest BCUT2D eigenvalue weighted by Gasteiger charge is 2.50. The Balaban J connectivity index is 1.66. The van der Waals surface area contributed by atoms with Crippen molar-refractivity contribution < 1.29 is 9.47 Å². The van der Waals surface area contributed by atoms with Crippen molar-refractivity contribution in [1.29, 1.82) is 0 Å². The normalized spacial score (nSPS) is 35.0. The fourth-order valence-corrected chi connectivity index (χ4v) is 4.79. The predicted octanol–water partition coefficient (Wildman–Crippen LogP) is 4.69. The summed E-state index contributed by atoms with van der Waals surface area (Å²) in [6.45, 7) is 5.51. The van der Waals surface area contributed by atoms with Crippen molar-refractivity contribution in [2.24, 2.45) is 17.8 Å². The highest BCUT2D eigenvalue weighted by Crippen LogP contribution is 2.48. The summed E-state index contributed by atoms with van der Waals surface area (Å²) in [4.78, 5) is 0. The average Bonchev–Trinajstić information content (AvgIpc) is 3.00. The fourth-order valence-electron chi connectivity index (χ4n) is 4.79. The third-order valence-electron chi connectivity index (χ3n) is 5.83. The Labute approximate surface area is 123 Å². The first kappa shape index (κ1) is 14.6. The zero-order valence-corrected chi connectivity index (χ0v) is 12.8. The summed E-state index contributed by atoms with van der Waals surface area (Å²) in [5.41, 5.74) is 0.